The van der Waals surface area contributed by atoms with Gasteiger partial charge in [-0.25, -0.2) is 8.42 Å². The summed E-state index contributed by atoms with van der Waals surface area (Å²) in [6.45, 7) is 1.33. The van der Waals surface area contributed by atoms with Crippen molar-refractivity contribution in [2.24, 2.45) is 0 Å². The Bertz CT molecular complexity index is 582. The molecule has 1 unspecified atom stereocenters. The Morgan fingerprint density at radius 3 is 2.40 bits per heavy atom. The molecule has 1 aromatic rings. The van der Waals surface area contributed by atoms with Gasteiger partial charge in [-0.2, -0.15) is 4.31 Å². The molecule has 1 atom stereocenters. The monoisotopic (exact) mass is 300 g/mol. The number of carbonyl (C=O) groups excluding carboxylic acids is 1. The van der Waals surface area contributed by atoms with Gasteiger partial charge in [0, 0.05) is 21.1 Å². The van der Waals surface area contributed by atoms with Crippen molar-refractivity contribution in [2.75, 3.05) is 27.7 Å². The lowest BCUT2D eigenvalue weighted by atomic mass is 10.1. The summed E-state index contributed by atoms with van der Waals surface area (Å²) in [6.07, 6.45) is -0.751. The lowest BCUT2D eigenvalue weighted by Crippen LogP contribution is -2.37. The quantitative estimate of drug-likeness (QED) is 0.856. The first-order chi connectivity index (χ1) is 9.16. The molecule has 0 heterocycles. The van der Waals surface area contributed by atoms with Crippen LogP contribution in [0.3, 0.4) is 0 Å². The second-order valence-corrected chi connectivity index (χ2v) is 6.84. The zero-order valence-electron chi connectivity index (χ0n) is 12.1. The van der Waals surface area contributed by atoms with Crippen LogP contribution in [0.15, 0.2) is 29.2 Å². The van der Waals surface area contributed by atoms with Crippen molar-refractivity contribution < 1.29 is 18.3 Å². The number of sulfonamides is 1. The van der Waals surface area contributed by atoms with E-state index >= 15 is 0 Å². The largest absolute Gasteiger partial charge is 0.389 e. The molecule has 0 aliphatic heterocycles. The van der Waals surface area contributed by atoms with Crippen LogP contribution in [0.5, 0.6) is 0 Å². The maximum atomic E-state index is 12.3. The molecule has 0 radical (unpaired) electrons. The number of rotatable bonds is 5. The van der Waals surface area contributed by atoms with E-state index in [2.05, 4.69) is 0 Å². The molecule has 1 N–H and O–H groups in total. The molecule has 0 aromatic heterocycles. The lowest BCUT2D eigenvalue weighted by Gasteiger charge is -2.19. The van der Waals surface area contributed by atoms with Gasteiger partial charge in [0.25, 0.3) is 0 Å². The van der Waals surface area contributed by atoms with Crippen LogP contribution in [0.25, 0.3) is 0 Å². The molecular formula is C13H20N2O4S. The lowest BCUT2D eigenvalue weighted by molar-refractivity contribution is -0.128. The predicted molar refractivity (Wildman–Crippen MR) is 75.6 cm³/mol. The van der Waals surface area contributed by atoms with Gasteiger partial charge >= 0.3 is 0 Å². The third kappa shape index (κ3) is 3.78. The topological polar surface area (TPSA) is 77.9 Å². The normalized spacial score (nSPS) is 13.3. The second-order valence-electron chi connectivity index (χ2n) is 4.80. The smallest absolute Gasteiger partial charge is 0.243 e. The molecule has 20 heavy (non-hydrogen) atoms. The van der Waals surface area contributed by atoms with Crippen LogP contribution in [0, 0.1) is 0 Å². The first kappa shape index (κ1) is 16.6. The number of hydrogen-bond acceptors (Lipinski definition) is 4. The summed E-state index contributed by atoms with van der Waals surface area (Å²) in [7, 11) is 0.737. The summed E-state index contributed by atoms with van der Waals surface area (Å²) in [6, 6.07) is 6.07. The van der Waals surface area contributed by atoms with E-state index in [9.17, 15) is 18.3 Å². The van der Waals surface area contributed by atoms with Gasteiger partial charge in [-0.05, 0) is 24.6 Å². The SMILES string of the molecule is CC(O)c1cccc(S(=O)(=O)N(C)CC(=O)N(C)C)c1. The summed E-state index contributed by atoms with van der Waals surface area (Å²) in [4.78, 5) is 13.0. The second kappa shape index (κ2) is 6.34. The molecule has 7 heteroatoms. The number of hydrogen-bond donors (Lipinski definition) is 1. The van der Waals surface area contributed by atoms with Gasteiger partial charge in [-0.1, -0.05) is 12.1 Å². The molecule has 0 saturated carbocycles. The van der Waals surface area contributed by atoms with Crippen molar-refractivity contribution in [3.8, 4) is 0 Å². The van der Waals surface area contributed by atoms with Crippen LogP contribution >= 0.6 is 0 Å². The van der Waals surface area contributed by atoms with Crippen LogP contribution < -0.4 is 0 Å². The van der Waals surface area contributed by atoms with E-state index in [4.69, 9.17) is 0 Å². The molecule has 6 nitrogen and oxygen atoms in total. The Kier molecular flexibility index (Phi) is 5.27. The maximum absolute atomic E-state index is 12.3. The van der Waals surface area contributed by atoms with E-state index in [1.54, 1.807) is 33.2 Å². The van der Waals surface area contributed by atoms with Crippen LogP contribution in [0.2, 0.25) is 0 Å². The summed E-state index contributed by atoms with van der Waals surface area (Å²) < 4.78 is 25.7. The minimum atomic E-state index is -3.75. The molecule has 1 rings (SSSR count). The van der Waals surface area contributed by atoms with E-state index in [0.29, 0.717) is 5.56 Å². The first-order valence-corrected chi connectivity index (χ1v) is 7.54. The molecule has 112 valence electrons. The van der Waals surface area contributed by atoms with Gasteiger partial charge in [-0.3, -0.25) is 4.79 Å². The van der Waals surface area contributed by atoms with Gasteiger partial charge in [-0.15, -0.1) is 0 Å². The third-order valence-corrected chi connectivity index (χ3v) is 4.70. The zero-order chi connectivity index (χ0) is 15.5. The summed E-state index contributed by atoms with van der Waals surface area (Å²) >= 11 is 0. The van der Waals surface area contributed by atoms with Crippen LogP contribution in [0.1, 0.15) is 18.6 Å². The molecule has 0 bridgehead atoms. The molecule has 0 spiro atoms. The van der Waals surface area contributed by atoms with Crippen LogP contribution in [-0.4, -0.2) is 56.3 Å². The number of aliphatic hydroxyl groups excluding tert-OH is 1. The number of amides is 1. The molecule has 0 aliphatic rings. The van der Waals surface area contributed by atoms with Gasteiger partial charge in [0.1, 0.15) is 0 Å². The highest BCUT2D eigenvalue weighted by Gasteiger charge is 2.24. The summed E-state index contributed by atoms with van der Waals surface area (Å²) in [5, 5.41) is 9.50. The van der Waals surface area contributed by atoms with E-state index in [1.165, 1.54) is 24.1 Å². The molecular weight excluding hydrogens is 280 g/mol. The number of carbonyl (C=O) groups is 1. The van der Waals surface area contributed by atoms with Crippen LogP contribution in [-0.2, 0) is 14.8 Å². The highest BCUT2D eigenvalue weighted by molar-refractivity contribution is 7.89. The fourth-order valence-electron chi connectivity index (χ4n) is 1.53. The highest BCUT2D eigenvalue weighted by atomic mass is 32.2. The van der Waals surface area contributed by atoms with Gasteiger partial charge in [0.15, 0.2) is 0 Å². The number of nitrogens with zero attached hydrogens (tertiary/aromatic N) is 2. The fraction of sp³-hybridized carbons (Fsp3) is 0.462. The highest BCUT2D eigenvalue weighted by Crippen LogP contribution is 2.19. The Morgan fingerprint density at radius 2 is 1.90 bits per heavy atom. The average molecular weight is 300 g/mol. The van der Waals surface area contributed by atoms with Crippen molar-refractivity contribution in [2.45, 2.75) is 17.9 Å². The van der Waals surface area contributed by atoms with E-state index in [-0.39, 0.29) is 17.3 Å². The van der Waals surface area contributed by atoms with E-state index in [1.807, 2.05) is 0 Å². The minimum absolute atomic E-state index is 0.0601. The third-order valence-electron chi connectivity index (χ3n) is 2.91. The van der Waals surface area contributed by atoms with Gasteiger partial charge < -0.3 is 10.0 Å². The molecule has 0 aliphatic carbocycles. The van der Waals surface area contributed by atoms with Crippen molar-refractivity contribution >= 4 is 15.9 Å². The first-order valence-electron chi connectivity index (χ1n) is 6.10. The Morgan fingerprint density at radius 1 is 1.30 bits per heavy atom. The van der Waals surface area contributed by atoms with E-state index in [0.717, 1.165) is 4.31 Å². The van der Waals surface area contributed by atoms with E-state index < -0.39 is 16.1 Å². The maximum Gasteiger partial charge on any atom is 0.243 e. The average Bonchev–Trinajstić information content (AvgIpc) is 2.38. The van der Waals surface area contributed by atoms with Crippen molar-refractivity contribution in [1.82, 2.24) is 9.21 Å². The Balaban J connectivity index is 3.04. The minimum Gasteiger partial charge on any atom is -0.389 e. The van der Waals surface area contributed by atoms with Crippen molar-refractivity contribution in [1.29, 1.82) is 0 Å². The molecule has 0 fully saturated rings. The Hall–Kier alpha value is -1.44. The van der Waals surface area contributed by atoms with Crippen LogP contribution in [0.4, 0.5) is 0 Å². The fourth-order valence-corrected chi connectivity index (χ4v) is 2.71. The van der Waals surface area contributed by atoms with Crippen molar-refractivity contribution in [3.63, 3.8) is 0 Å². The summed E-state index contributed by atoms with van der Waals surface area (Å²) in [5.41, 5.74) is 0.512. The molecule has 1 aromatic carbocycles. The standard InChI is InChI=1S/C13H20N2O4S/c1-10(16)11-6-5-7-12(8-11)20(18,19)15(4)9-13(17)14(2)3/h5-8,10,16H,9H2,1-4H3. The predicted octanol–water partition coefficient (Wildman–Crippen LogP) is 0.449. The van der Waals surface area contributed by atoms with Gasteiger partial charge in [0.05, 0.1) is 17.5 Å². The zero-order valence-corrected chi connectivity index (χ0v) is 12.9. The number of likely N-dealkylation sites (N-methyl/N-ethyl adjacent to an activating group) is 2. The molecule has 0 saturated heterocycles. The van der Waals surface area contributed by atoms with Crippen molar-refractivity contribution in [3.05, 3.63) is 29.8 Å². The van der Waals surface area contributed by atoms with Gasteiger partial charge in [0.2, 0.25) is 15.9 Å². The number of benzene rings is 1. The summed E-state index contributed by atoms with van der Waals surface area (Å²) in [5.74, 6) is -0.303. The number of aliphatic hydroxyl groups is 1. The Labute approximate surface area is 119 Å². The molecule has 1 amide bonds.